The Labute approximate surface area is 190 Å². The molecule has 2 aromatic carbocycles. The van der Waals surface area contributed by atoms with E-state index in [-0.39, 0.29) is 17.7 Å². The van der Waals surface area contributed by atoms with Crippen molar-refractivity contribution >= 4 is 11.6 Å². The molecule has 0 aromatic heterocycles. The normalized spacial score (nSPS) is 19.7. The Kier molecular flexibility index (Phi) is 6.98. The molecule has 2 aromatic rings. The molecule has 0 aliphatic carbocycles. The number of aromatic hydroxyl groups is 1. The van der Waals surface area contributed by atoms with Crippen LogP contribution in [0.5, 0.6) is 5.75 Å². The highest BCUT2D eigenvalue weighted by atomic mass is 16.3. The van der Waals surface area contributed by atoms with Crippen molar-refractivity contribution in [1.82, 2.24) is 15.5 Å². The summed E-state index contributed by atoms with van der Waals surface area (Å²) in [5, 5.41) is 19.8. The number of hydrogen-bond donors (Lipinski definition) is 5. The van der Waals surface area contributed by atoms with E-state index in [4.69, 9.17) is 5.73 Å². The number of phenolic OH excluding ortho intramolecular Hbond substituents is 1. The predicted octanol–water partition coefficient (Wildman–Crippen LogP) is 1.96. The molecule has 2 aliphatic heterocycles. The van der Waals surface area contributed by atoms with Gasteiger partial charge in [0.25, 0.3) is 0 Å². The Morgan fingerprint density at radius 2 is 1.91 bits per heavy atom. The van der Waals surface area contributed by atoms with Gasteiger partial charge in [-0.2, -0.15) is 0 Å². The fourth-order valence-electron chi connectivity index (χ4n) is 4.83. The molecule has 1 saturated heterocycles. The van der Waals surface area contributed by atoms with Crippen LogP contribution in [0.25, 0.3) is 0 Å². The Hall–Kier alpha value is -2.61. The molecule has 172 valence electrons. The van der Waals surface area contributed by atoms with Gasteiger partial charge in [-0.25, -0.2) is 0 Å². The molecule has 32 heavy (non-hydrogen) atoms. The minimum atomic E-state index is -0.640. The van der Waals surface area contributed by atoms with Crippen molar-refractivity contribution in [2.24, 2.45) is 5.73 Å². The molecule has 0 radical (unpaired) electrons. The molecule has 6 N–H and O–H groups in total. The Bertz CT molecular complexity index is 948. The zero-order valence-corrected chi connectivity index (χ0v) is 19.1. The maximum Gasteiger partial charge on any atom is 0.237 e. The average Bonchev–Trinajstić information content (AvgIpc) is 2.77. The molecule has 0 bridgehead atoms. The Morgan fingerprint density at radius 1 is 1.19 bits per heavy atom. The number of carbonyl (C=O) groups excluding carboxylic acids is 1. The lowest BCUT2D eigenvalue weighted by atomic mass is 9.93. The summed E-state index contributed by atoms with van der Waals surface area (Å²) in [7, 11) is 0. The number of piperazine rings is 1. The van der Waals surface area contributed by atoms with Crippen molar-refractivity contribution in [2.45, 2.75) is 45.3 Å². The van der Waals surface area contributed by atoms with Gasteiger partial charge in [0.2, 0.25) is 5.91 Å². The summed E-state index contributed by atoms with van der Waals surface area (Å²) in [6.45, 7) is 9.80. The first-order valence-electron chi connectivity index (χ1n) is 11.6. The minimum absolute atomic E-state index is 0.0465. The highest BCUT2D eigenvalue weighted by Gasteiger charge is 2.25. The molecule has 2 aliphatic rings. The number of aryl methyl sites for hydroxylation is 2. The summed E-state index contributed by atoms with van der Waals surface area (Å²) in [6, 6.07) is 9.29. The fourth-order valence-corrected chi connectivity index (χ4v) is 4.83. The summed E-state index contributed by atoms with van der Waals surface area (Å²) in [4.78, 5) is 15.5. The van der Waals surface area contributed by atoms with Crippen LogP contribution < -0.4 is 21.7 Å². The molecule has 7 heteroatoms. The molecule has 1 fully saturated rings. The number of nitrogens with one attached hydrogen (secondary N) is 3. The Morgan fingerprint density at radius 3 is 2.62 bits per heavy atom. The number of carbonyl (C=O) groups is 1. The molecule has 0 unspecified atom stereocenters. The smallest absolute Gasteiger partial charge is 0.237 e. The first-order valence-corrected chi connectivity index (χ1v) is 11.6. The van der Waals surface area contributed by atoms with Crippen molar-refractivity contribution in [2.75, 3.05) is 38.0 Å². The third-order valence-electron chi connectivity index (χ3n) is 6.61. The molecule has 1 amide bonds. The number of amides is 1. The standard InChI is InChI=1S/C25H35N5O2/c1-16-11-19(31)12-17(2)20(16)14-22(26)25(32)29-24-5-6-28-23-4-3-18(13-21(23)24)15-30-9-7-27-8-10-30/h3-4,11-13,22,24,27-28,31H,5-10,14-15,26H2,1-2H3,(H,29,32)/t22-,24+/m0/s1. The van der Waals surface area contributed by atoms with Crippen LogP contribution in [0.1, 0.15) is 40.3 Å². The average molecular weight is 438 g/mol. The van der Waals surface area contributed by atoms with Crippen LogP contribution >= 0.6 is 0 Å². The second-order valence-corrected chi connectivity index (χ2v) is 9.09. The van der Waals surface area contributed by atoms with Crippen molar-refractivity contribution in [3.05, 3.63) is 58.1 Å². The first-order chi connectivity index (χ1) is 15.4. The van der Waals surface area contributed by atoms with Crippen LogP contribution in [0.4, 0.5) is 5.69 Å². The number of fused-ring (bicyclic) bond motifs is 1. The number of nitrogens with zero attached hydrogens (tertiary/aromatic N) is 1. The largest absolute Gasteiger partial charge is 0.508 e. The van der Waals surface area contributed by atoms with E-state index in [1.165, 1.54) is 5.56 Å². The molecule has 2 atom stereocenters. The quantitative estimate of drug-likeness (QED) is 0.474. The summed E-state index contributed by atoms with van der Waals surface area (Å²) >= 11 is 0. The number of nitrogens with two attached hydrogens (primary N) is 1. The number of benzene rings is 2. The molecule has 7 nitrogen and oxygen atoms in total. The fraction of sp³-hybridized carbons (Fsp3) is 0.480. The summed E-state index contributed by atoms with van der Waals surface area (Å²) in [6.07, 6.45) is 1.28. The predicted molar refractivity (Wildman–Crippen MR) is 128 cm³/mol. The summed E-state index contributed by atoms with van der Waals surface area (Å²) in [5.74, 6) is 0.104. The van der Waals surface area contributed by atoms with E-state index in [0.717, 1.165) is 73.6 Å². The maximum absolute atomic E-state index is 13.0. The van der Waals surface area contributed by atoms with Crippen LogP contribution in [-0.2, 0) is 17.8 Å². The lowest BCUT2D eigenvalue weighted by Crippen LogP contribution is -2.45. The van der Waals surface area contributed by atoms with E-state index in [1.807, 2.05) is 13.8 Å². The zero-order chi connectivity index (χ0) is 22.7. The van der Waals surface area contributed by atoms with E-state index >= 15 is 0 Å². The second-order valence-electron chi connectivity index (χ2n) is 9.09. The molecule has 2 heterocycles. The Balaban J connectivity index is 1.44. The van der Waals surface area contributed by atoms with Gasteiger partial charge in [0, 0.05) is 45.0 Å². The van der Waals surface area contributed by atoms with Crippen LogP contribution in [-0.4, -0.2) is 54.7 Å². The third-order valence-corrected chi connectivity index (χ3v) is 6.61. The lowest BCUT2D eigenvalue weighted by Gasteiger charge is -2.31. The van der Waals surface area contributed by atoms with Crippen molar-refractivity contribution in [1.29, 1.82) is 0 Å². The van der Waals surface area contributed by atoms with Gasteiger partial charge < -0.3 is 26.8 Å². The number of rotatable bonds is 6. The number of phenols is 1. The molecular formula is C25H35N5O2. The van der Waals surface area contributed by atoms with Gasteiger partial charge in [-0.3, -0.25) is 9.69 Å². The van der Waals surface area contributed by atoms with E-state index in [9.17, 15) is 9.90 Å². The number of anilines is 1. The van der Waals surface area contributed by atoms with Gasteiger partial charge in [-0.05, 0) is 72.7 Å². The minimum Gasteiger partial charge on any atom is -0.508 e. The highest BCUT2D eigenvalue weighted by Crippen LogP contribution is 2.31. The van der Waals surface area contributed by atoms with E-state index in [1.54, 1.807) is 12.1 Å². The topological polar surface area (TPSA) is 103 Å². The second kappa shape index (κ2) is 9.90. The molecule has 4 rings (SSSR count). The van der Waals surface area contributed by atoms with Gasteiger partial charge in [-0.1, -0.05) is 12.1 Å². The van der Waals surface area contributed by atoms with E-state index in [2.05, 4.69) is 39.0 Å². The van der Waals surface area contributed by atoms with Crippen molar-refractivity contribution in [3.8, 4) is 5.75 Å². The van der Waals surface area contributed by atoms with Crippen LogP contribution in [0.2, 0.25) is 0 Å². The van der Waals surface area contributed by atoms with Crippen LogP contribution in [0, 0.1) is 13.8 Å². The van der Waals surface area contributed by atoms with Gasteiger partial charge >= 0.3 is 0 Å². The van der Waals surface area contributed by atoms with E-state index < -0.39 is 6.04 Å². The molecule has 0 spiro atoms. The third kappa shape index (κ3) is 5.23. The monoisotopic (exact) mass is 437 g/mol. The molecule has 0 saturated carbocycles. The highest BCUT2D eigenvalue weighted by molar-refractivity contribution is 5.82. The van der Waals surface area contributed by atoms with Crippen molar-refractivity contribution < 1.29 is 9.90 Å². The van der Waals surface area contributed by atoms with Crippen molar-refractivity contribution in [3.63, 3.8) is 0 Å². The van der Waals surface area contributed by atoms with E-state index in [0.29, 0.717) is 6.42 Å². The van der Waals surface area contributed by atoms with Gasteiger partial charge in [0.05, 0.1) is 12.1 Å². The van der Waals surface area contributed by atoms with Crippen LogP contribution in [0.15, 0.2) is 30.3 Å². The van der Waals surface area contributed by atoms with Gasteiger partial charge in [0.1, 0.15) is 5.75 Å². The SMILES string of the molecule is Cc1cc(O)cc(C)c1C[C@H](N)C(=O)N[C@@H]1CCNc2ccc(CN3CCNCC3)cc21. The molecular weight excluding hydrogens is 402 g/mol. The van der Waals surface area contributed by atoms with Gasteiger partial charge in [0.15, 0.2) is 0 Å². The van der Waals surface area contributed by atoms with Crippen LogP contribution in [0.3, 0.4) is 0 Å². The lowest BCUT2D eigenvalue weighted by molar-refractivity contribution is -0.123. The number of hydrogen-bond acceptors (Lipinski definition) is 6. The maximum atomic E-state index is 13.0. The van der Waals surface area contributed by atoms with Gasteiger partial charge in [-0.15, -0.1) is 0 Å². The summed E-state index contributed by atoms with van der Waals surface area (Å²) < 4.78 is 0. The zero-order valence-electron chi connectivity index (χ0n) is 19.1. The summed E-state index contributed by atoms with van der Waals surface area (Å²) in [5.41, 5.74) is 12.7. The first kappa shape index (κ1) is 22.6.